The fourth-order valence-corrected chi connectivity index (χ4v) is 3.19. The molecule has 1 aliphatic heterocycles. The van der Waals surface area contributed by atoms with Crippen LogP contribution in [0.2, 0.25) is 5.02 Å². The number of pyridine rings is 1. The number of nitrogens with zero attached hydrogens (tertiary/aromatic N) is 2. The summed E-state index contributed by atoms with van der Waals surface area (Å²) in [7, 11) is 0. The van der Waals surface area contributed by atoms with Crippen molar-refractivity contribution in [2.24, 2.45) is 0 Å². The minimum atomic E-state index is -0.0896. The maximum atomic E-state index is 12.6. The number of carbonyl (C=O) groups is 1. The maximum absolute atomic E-state index is 12.6. The lowest BCUT2D eigenvalue weighted by atomic mass is 10.1. The number of hydrogen-bond acceptors (Lipinski definition) is 3. The molecule has 1 aromatic heterocycles. The van der Waals surface area contributed by atoms with Crippen molar-refractivity contribution in [1.29, 1.82) is 0 Å². The molecule has 0 saturated carbocycles. The van der Waals surface area contributed by atoms with Gasteiger partial charge >= 0.3 is 0 Å². The zero-order valence-corrected chi connectivity index (χ0v) is 14.6. The molecule has 126 valence electrons. The predicted molar refractivity (Wildman–Crippen MR) is 99.5 cm³/mol. The van der Waals surface area contributed by atoms with E-state index in [2.05, 4.69) is 18.2 Å². The first kappa shape index (κ1) is 15.9. The van der Waals surface area contributed by atoms with Gasteiger partial charge < -0.3 is 4.74 Å². The Kier molecular flexibility index (Phi) is 4.06. The van der Waals surface area contributed by atoms with Gasteiger partial charge in [-0.15, -0.1) is 0 Å². The van der Waals surface area contributed by atoms with Gasteiger partial charge in [0.15, 0.2) is 6.61 Å². The molecule has 2 heterocycles. The van der Waals surface area contributed by atoms with Crippen LogP contribution in [0.5, 0.6) is 5.75 Å². The summed E-state index contributed by atoms with van der Waals surface area (Å²) in [6, 6.07) is 15.3. The van der Waals surface area contributed by atoms with Crippen molar-refractivity contribution in [2.45, 2.75) is 13.3 Å². The molecule has 2 aromatic carbocycles. The molecule has 25 heavy (non-hydrogen) atoms. The third-order valence-corrected chi connectivity index (χ3v) is 4.62. The Hall–Kier alpha value is -2.59. The van der Waals surface area contributed by atoms with Crippen molar-refractivity contribution in [1.82, 2.24) is 4.98 Å². The summed E-state index contributed by atoms with van der Waals surface area (Å²) < 4.78 is 5.58. The predicted octanol–water partition coefficient (Wildman–Crippen LogP) is 4.16. The van der Waals surface area contributed by atoms with Gasteiger partial charge in [-0.05, 0) is 60.9 Å². The Labute approximate surface area is 151 Å². The second kappa shape index (κ2) is 6.37. The van der Waals surface area contributed by atoms with Crippen LogP contribution in [0.15, 0.2) is 48.5 Å². The second-order valence-electron chi connectivity index (χ2n) is 6.21. The maximum Gasteiger partial charge on any atom is 0.266 e. The molecule has 0 N–H and O–H groups in total. The summed E-state index contributed by atoms with van der Waals surface area (Å²) in [5.41, 5.74) is 3.18. The number of rotatable bonds is 3. The standard InChI is InChI=1S/C20H17ClN2O2/c1-13-2-3-14-11-15-8-9-23(20(15)22-18(14)10-13)19(24)12-25-17-6-4-16(21)5-7-17/h2-7,10-11H,8-9,12H2,1H3. The molecule has 0 saturated heterocycles. The molecule has 0 unspecified atom stereocenters. The van der Waals surface area contributed by atoms with Crippen LogP contribution in [0.3, 0.4) is 0 Å². The van der Waals surface area contributed by atoms with Crippen molar-refractivity contribution in [3.05, 3.63) is 64.7 Å². The molecule has 0 aliphatic carbocycles. The van der Waals surface area contributed by atoms with E-state index in [0.717, 1.165) is 34.3 Å². The molecule has 4 rings (SSSR count). The van der Waals surface area contributed by atoms with Gasteiger partial charge in [0.05, 0.1) is 5.52 Å². The number of aromatic nitrogens is 1. The topological polar surface area (TPSA) is 42.4 Å². The second-order valence-corrected chi connectivity index (χ2v) is 6.64. The smallest absolute Gasteiger partial charge is 0.266 e. The number of fused-ring (bicyclic) bond motifs is 2. The number of halogens is 1. The van der Waals surface area contributed by atoms with Crippen LogP contribution in [0, 0.1) is 6.92 Å². The van der Waals surface area contributed by atoms with E-state index in [-0.39, 0.29) is 12.5 Å². The van der Waals surface area contributed by atoms with E-state index < -0.39 is 0 Å². The van der Waals surface area contributed by atoms with Gasteiger partial charge in [0.2, 0.25) is 0 Å². The van der Waals surface area contributed by atoms with Crippen molar-refractivity contribution < 1.29 is 9.53 Å². The lowest BCUT2D eigenvalue weighted by molar-refractivity contribution is -0.120. The molecule has 0 radical (unpaired) electrons. The molecular weight excluding hydrogens is 336 g/mol. The average molecular weight is 353 g/mol. The van der Waals surface area contributed by atoms with E-state index in [1.165, 1.54) is 0 Å². The normalized spacial score (nSPS) is 13.1. The van der Waals surface area contributed by atoms with E-state index in [4.69, 9.17) is 21.3 Å². The molecule has 0 bridgehead atoms. The van der Waals surface area contributed by atoms with Gasteiger partial charge in [-0.3, -0.25) is 9.69 Å². The van der Waals surface area contributed by atoms with Crippen LogP contribution < -0.4 is 9.64 Å². The Bertz CT molecular complexity index is 954. The summed E-state index contributed by atoms with van der Waals surface area (Å²) in [6.45, 7) is 2.66. The fraction of sp³-hybridized carbons (Fsp3) is 0.200. The summed E-state index contributed by atoms with van der Waals surface area (Å²) >= 11 is 5.85. The molecular formula is C20H17ClN2O2. The lowest BCUT2D eigenvalue weighted by Crippen LogP contribution is -2.33. The number of carbonyl (C=O) groups excluding carboxylic acids is 1. The molecule has 1 amide bonds. The lowest BCUT2D eigenvalue weighted by Gasteiger charge is -2.17. The van der Waals surface area contributed by atoms with Gasteiger partial charge in [-0.2, -0.15) is 0 Å². The van der Waals surface area contributed by atoms with Crippen molar-refractivity contribution >= 4 is 34.2 Å². The molecule has 0 atom stereocenters. The summed E-state index contributed by atoms with van der Waals surface area (Å²) in [6.07, 6.45) is 0.818. The number of amides is 1. The number of benzene rings is 2. The van der Waals surface area contributed by atoms with Crippen LogP contribution in [0.25, 0.3) is 10.9 Å². The zero-order valence-electron chi connectivity index (χ0n) is 13.8. The minimum absolute atomic E-state index is 0.0192. The average Bonchev–Trinajstić information content (AvgIpc) is 3.02. The highest BCUT2D eigenvalue weighted by molar-refractivity contribution is 6.30. The Balaban J connectivity index is 1.54. The fourth-order valence-electron chi connectivity index (χ4n) is 3.06. The first-order valence-electron chi connectivity index (χ1n) is 8.19. The van der Waals surface area contributed by atoms with Gasteiger partial charge in [0, 0.05) is 17.0 Å². The van der Waals surface area contributed by atoms with Crippen molar-refractivity contribution in [3.63, 3.8) is 0 Å². The SMILES string of the molecule is Cc1ccc2cc3c(nc2c1)N(C(=O)COc1ccc(Cl)cc1)CC3. The third-order valence-electron chi connectivity index (χ3n) is 4.37. The van der Waals surface area contributed by atoms with Gasteiger partial charge in [0.25, 0.3) is 5.91 Å². The first-order valence-corrected chi connectivity index (χ1v) is 8.57. The van der Waals surface area contributed by atoms with Crippen LogP contribution in [-0.2, 0) is 11.2 Å². The van der Waals surface area contributed by atoms with Crippen LogP contribution in [-0.4, -0.2) is 24.0 Å². The highest BCUT2D eigenvalue weighted by Gasteiger charge is 2.26. The zero-order chi connectivity index (χ0) is 17.4. The number of aryl methyl sites for hydroxylation is 1. The van der Waals surface area contributed by atoms with E-state index in [0.29, 0.717) is 17.3 Å². The molecule has 0 spiro atoms. The highest BCUT2D eigenvalue weighted by Crippen LogP contribution is 2.30. The van der Waals surface area contributed by atoms with Crippen LogP contribution >= 0.6 is 11.6 Å². The molecule has 4 nitrogen and oxygen atoms in total. The van der Waals surface area contributed by atoms with Crippen LogP contribution in [0.4, 0.5) is 5.82 Å². The van der Waals surface area contributed by atoms with E-state index in [9.17, 15) is 4.79 Å². The monoisotopic (exact) mass is 352 g/mol. The summed E-state index contributed by atoms with van der Waals surface area (Å²) in [4.78, 5) is 19.0. The quantitative estimate of drug-likeness (QED) is 0.710. The van der Waals surface area contributed by atoms with E-state index in [1.807, 2.05) is 13.0 Å². The molecule has 0 fully saturated rings. The van der Waals surface area contributed by atoms with E-state index in [1.54, 1.807) is 29.2 Å². The number of hydrogen-bond donors (Lipinski definition) is 0. The third kappa shape index (κ3) is 3.17. The summed E-state index contributed by atoms with van der Waals surface area (Å²) in [5.74, 6) is 1.29. The van der Waals surface area contributed by atoms with Gasteiger partial charge in [-0.1, -0.05) is 23.7 Å². The molecule has 1 aliphatic rings. The van der Waals surface area contributed by atoms with Crippen molar-refractivity contribution in [2.75, 3.05) is 18.1 Å². The first-order chi connectivity index (χ1) is 12.1. The Morgan fingerprint density at radius 2 is 2.00 bits per heavy atom. The number of anilines is 1. The minimum Gasteiger partial charge on any atom is -0.484 e. The van der Waals surface area contributed by atoms with Gasteiger partial charge in [0.1, 0.15) is 11.6 Å². The molecule has 3 aromatic rings. The van der Waals surface area contributed by atoms with Crippen molar-refractivity contribution in [3.8, 4) is 5.75 Å². The Morgan fingerprint density at radius 1 is 1.20 bits per heavy atom. The van der Waals surface area contributed by atoms with Crippen LogP contribution in [0.1, 0.15) is 11.1 Å². The Morgan fingerprint density at radius 3 is 2.80 bits per heavy atom. The largest absolute Gasteiger partial charge is 0.484 e. The molecule has 5 heteroatoms. The number of ether oxygens (including phenoxy) is 1. The highest BCUT2D eigenvalue weighted by atomic mass is 35.5. The van der Waals surface area contributed by atoms with Gasteiger partial charge in [-0.25, -0.2) is 4.98 Å². The van der Waals surface area contributed by atoms with E-state index >= 15 is 0 Å². The summed E-state index contributed by atoms with van der Waals surface area (Å²) in [5, 5.41) is 1.74.